The van der Waals surface area contributed by atoms with Crippen LogP contribution in [0.1, 0.15) is 35.1 Å². The van der Waals surface area contributed by atoms with E-state index < -0.39 is 0 Å². The van der Waals surface area contributed by atoms with Crippen LogP contribution in [0, 0.1) is 6.92 Å². The van der Waals surface area contributed by atoms with Gasteiger partial charge in [0.05, 0.1) is 19.8 Å². The molecule has 8 nitrogen and oxygen atoms in total. The van der Waals surface area contributed by atoms with Crippen molar-refractivity contribution in [1.29, 1.82) is 0 Å². The molecule has 2 aromatic rings. The number of aromatic nitrogens is 3. The summed E-state index contributed by atoms with van der Waals surface area (Å²) in [6.45, 7) is 5.42. The molecule has 3 rings (SSSR count). The summed E-state index contributed by atoms with van der Waals surface area (Å²) in [5, 5.41) is 3.90. The van der Waals surface area contributed by atoms with E-state index in [2.05, 4.69) is 15.1 Å². The Morgan fingerprint density at radius 2 is 2.39 bits per heavy atom. The van der Waals surface area contributed by atoms with Gasteiger partial charge in [0.15, 0.2) is 0 Å². The summed E-state index contributed by atoms with van der Waals surface area (Å²) in [6, 6.07) is 3.43. The summed E-state index contributed by atoms with van der Waals surface area (Å²) in [4.78, 5) is 22.6. The van der Waals surface area contributed by atoms with Crippen LogP contribution < -0.4 is 4.90 Å². The minimum absolute atomic E-state index is 0.320. The number of morpholine rings is 1. The standard InChI is InChI=1S/C15H18N4O4/c1-3-21-15(20)11-5-4-6-16-14(11)19-7-8-22-12(9-19)13-17-10(2)23-18-13/h4-6,12H,3,7-9H2,1-2H3/t12-/m0/s1. The van der Waals surface area contributed by atoms with Crippen molar-refractivity contribution < 1.29 is 18.8 Å². The third-order valence-corrected chi connectivity index (χ3v) is 3.48. The number of aryl methyl sites for hydroxylation is 1. The number of nitrogens with zero attached hydrogens (tertiary/aromatic N) is 4. The van der Waals surface area contributed by atoms with Crippen LogP contribution in [0.5, 0.6) is 0 Å². The summed E-state index contributed by atoms with van der Waals surface area (Å²) in [6.07, 6.45) is 1.33. The molecular weight excluding hydrogens is 300 g/mol. The Morgan fingerprint density at radius 1 is 1.52 bits per heavy atom. The molecule has 23 heavy (non-hydrogen) atoms. The number of carbonyl (C=O) groups is 1. The molecule has 8 heteroatoms. The van der Waals surface area contributed by atoms with E-state index in [-0.39, 0.29) is 12.1 Å². The topological polar surface area (TPSA) is 90.6 Å². The first-order valence-electron chi connectivity index (χ1n) is 7.48. The molecule has 0 aromatic carbocycles. The van der Waals surface area contributed by atoms with Crippen molar-refractivity contribution in [2.45, 2.75) is 20.0 Å². The molecule has 0 bridgehead atoms. The maximum atomic E-state index is 12.1. The van der Waals surface area contributed by atoms with Gasteiger partial charge in [-0.3, -0.25) is 0 Å². The fourth-order valence-corrected chi connectivity index (χ4v) is 2.46. The molecule has 0 N–H and O–H groups in total. The second kappa shape index (κ2) is 6.74. The zero-order valence-corrected chi connectivity index (χ0v) is 13.1. The van der Waals surface area contributed by atoms with Crippen molar-refractivity contribution in [2.75, 3.05) is 31.2 Å². The Morgan fingerprint density at radius 3 is 3.13 bits per heavy atom. The zero-order valence-electron chi connectivity index (χ0n) is 13.1. The highest BCUT2D eigenvalue weighted by Crippen LogP contribution is 2.26. The van der Waals surface area contributed by atoms with Gasteiger partial charge in [-0.05, 0) is 19.1 Å². The number of carbonyl (C=O) groups excluding carboxylic acids is 1. The number of hydrogen-bond acceptors (Lipinski definition) is 8. The highest BCUT2D eigenvalue weighted by atomic mass is 16.5. The maximum Gasteiger partial charge on any atom is 0.341 e. The van der Waals surface area contributed by atoms with E-state index in [9.17, 15) is 4.79 Å². The van der Waals surface area contributed by atoms with Crippen LogP contribution in [0.4, 0.5) is 5.82 Å². The number of ether oxygens (including phenoxy) is 2. The molecular formula is C15H18N4O4. The lowest BCUT2D eigenvalue weighted by Gasteiger charge is -2.33. The van der Waals surface area contributed by atoms with Gasteiger partial charge in [-0.2, -0.15) is 4.98 Å². The highest BCUT2D eigenvalue weighted by Gasteiger charge is 2.29. The summed E-state index contributed by atoms with van der Waals surface area (Å²) in [7, 11) is 0. The largest absolute Gasteiger partial charge is 0.462 e. The Bertz CT molecular complexity index is 688. The van der Waals surface area contributed by atoms with Gasteiger partial charge in [0.2, 0.25) is 11.7 Å². The van der Waals surface area contributed by atoms with E-state index in [4.69, 9.17) is 14.0 Å². The van der Waals surface area contributed by atoms with Crippen LogP contribution in [0.15, 0.2) is 22.9 Å². The summed E-state index contributed by atoms with van der Waals surface area (Å²) in [5.41, 5.74) is 0.444. The third kappa shape index (κ3) is 3.31. The number of esters is 1. The minimum Gasteiger partial charge on any atom is -0.462 e. The average molecular weight is 318 g/mol. The predicted octanol–water partition coefficient (Wildman–Crippen LogP) is 1.53. The Balaban J connectivity index is 1.83. The lowest BCUT2D eigenvalue weighted by molar-refractivity contribution is 0.0320. The fourth-order valence-electron chi connectivity index (χ4n) is 2.46. The molecule has 2 aromatic heterocycles. The first-order chi connectivity index (χ1) is 11.2. The monoisotopic (exact) mass is 318 g/mol. The molecule has 1 atom stereocenters. The minimum atomic E-state index is -0.381. The van der Waals surface area contributed by atoms with Crippen LogP contribution in [0.2, 0.25) is 0 Å². The van der Waals surface area contributed by atoms with E-state index >= 15 is 0 Å². The van der Waals surface area contributed by atoms with Crippen molar-refractivity contribution in [3.63, 3.8) is 0 Å². The van der Waals surface area contributed by atoms with Gasteiger partial charge in [0.25, 0.3) is 0 Å². The van der Waals surface area contributed by atoms with Gasteiger partial charge in [0, 0.05) is 19.7 Å². The van der Waals surface area contributed by atoms with Crippen LogP contribution in [-0.2, 0) is 9.47 Å². The lowest BCUT2D eigenvalue weighted by atomic mass is 10.2. The van der Waals surface area contributed by atoms with E-state index in [0.717, 1.165) is 0 Å². The van der Waals surface area contributed by atoms with E-state index in [1.165, 1.54) is 0 Å². The van der Waals surface area contributed by atoms with Crippen molar-refractivity contribution >= 4 is 11.8 Å². The quantitative estimate of drug-likeness (QED) is 0.784. The molecule has 0 radical (unpaired) electrons. The molecule has 0 amide bonds. The molecule has 1 fully saturated rings. The normalized spacial score (nSPS) is 18.0. The second-order valence-electron chi connectivity index (χ2n) is 5.07. The molecule has 1 aliphatic rings. The van der Waals surface area contributed by atoms with Gasteiger partial charge in [-0.15, -0.1) is 0 Å². The number of pyridine rings is 1. The van der Waals surface area contributed by atoms with E-state index in [0.29, 0.717) is 49.4 Å². The fraction of sp³-hybridized carbons (Fsp3) is 0.467. The van der Waals surface area contributed by atoms with Crippen LogP contribution in [-0.4, -0.2) is 47.4 Å². The molecule has 0 unspecified atom stereocenters. The average Bonchev–Trinajstić information content (AvgIpc) is 3.02. The molecule has 122 valence electrons. The van der Waals surface area contributed by atoms with Crippen LogP contribution in [0.25, 0.3) is 0 Å². The van der Waals surface area contributed by atoms with Crippen LogP contribution in [0.3, 0.4) is 0 Å². The van der Waals surface area contributed by atoms with Gasteiger partial charge < -0.3 is 18.9 Å². The number of rotatable bonds is 4. The van der Waals surface area contributed by atoms with E-state index in [1.54, 1.807) is 32.2 Å². The molecule has 3 heterocycles. The van der Waals surface area contributed by atoms with Gasteiger partial charge in [-0.1, -0.05) is 5.16 Å². The molecule has 0 aliphatic carbocycles. The Labute approximate surface area is 133 Å². The van der Waals surface area contributed by atoms with Crippen molar-refractivity contribution in [1.82, 2.24) is 15.1 Å². The highest BCUT2D eigenvalue weighted by molar-refractivity contribution is 5.94. The van der Waals surface area contributed by atoms with Gasteiger partial charge in [-0.25, -0.2) is 9.78 Å². The SMILES string of the molecule is CCOC(=O)c1cccnc1N1CCO[C@H](c2noc(C)n2)C1. The molecule has 0 spiro atoms. The molecule has 0 saturated carbocycles. The van der Waals surface area contributed by atoms with Crippen LogP contribution >= 0.6 is 0 Å². The predicted molar refractivity (Wildman–Crippen MR) is 80.1 cm³/mol. The maximum absolute atomic E-state index is 12.1. The zero-order chi connectivity index (χ0) is 16.2. The molecule has 1 aliphatic heterocycles. The van der Waals surface area contributed by atoms with Gasteiger partial charge in [0.1, 0.15) is 17.5 Å². The van der Waals surface area contributed by atoms with Gasteiger partial charge >= 0.3 is 5.97 Å². The van der Waals surface area contributed by atoms with E-state index in [1.807, 2.05) is 4.90 Å². The Kier molecular flexibility index (Phi) is 4.52. The lowest BCUT2D eigenvalue weighted by Crippen LogP contribution is -2.40. The molecule has 1 saturated heterocycles. The number of anilines is 1. The van der Waals surface area contributed by atoms with Crippen molar-refractivity contribution in [3.8, 4) is 0 Å². The third-order valence-electron chi connectivity index (χ3n) is 3.48. The first kappa shape index (κ1) is 15.4. The second-order valence-corrected chi connectivity index (χ2v) is 5.07. The number of hydrogen-bond donors (Lipinski definition) is 0. The first-order valence-corrected chi connectivity index (χ1v) is 7.48. The van der Waals surface area contributed by atoms with Crippen molar-refractivity contribution in [2.24, 2.45) is 0 Å². The Hall–Kier alpha value is -2.48. The summed E-state index contributed by atoms with van der Waals surface area (Å²) < 4.78 is 15.8. The smallest absolute Gasteiger partial charge is 0.341 e. The summed E-state index contributed by atoms with van der Waals surface area (Å²) >= 11 is 0. The van der Waals surface area contributed by atoms with Crippen molar-refractivity contribution in [3.05, 3.63) is 35.6 Å². The summed E-state index contributed by atoms with van der Waals surface area (Å²) in [5.74, 6) is 1.19.